The van der Waals surface area contributed by atoms with Crippen molar-refractivity contribution in [3.05, 3.63) is 23.9 Å². The van der Waals surface area contributed by atoms with Gasteiger partial charge in [0.15, 0.2) is 0 Å². The molecule has 1 aromatic heterocycles. The number of carbonyl (C=O) groups excluding carboxylic acids is 1. The van der Waals surface area contributed by atoms with E-state index in [1.54, 1.807) is 30.3 Å². The summed E-state index contributed by atoms with van der Waals surface area (Å²) in [5, 5.41) is 2.92. The quantitative estimate of drug-likeness (QED) is 0.848. The molecular formula is C12H17N3O2. The lowest BCUT2D eigenvalue weighted by atomic mass is 10.2. The molecule has 1 aliphatic heterocycles. The third-order valence-corrected chi connectivity index (χ3v) is 3.04. The number of amides is 1. The Bertz CT molecular complexity index is 385. The number of hydrogen-bond acceptors (Lipinski definition) is 4. The first-order valence-electron chi connectivity index (χ1n) is 5.71. The standard InChI is InChI=1S/C12H17N3O2/c1-13-11-4-3-9(7-14-11)12(16)15(2)10-5-6-17-8-10/h3-4,7,10H,5-6,8H2,1-2H3,(H,13,14). The van der Waals surface area contributed by atoms with Crippen LogP contribution in [0.4, 0.5) is 5.82 Å². The molecule has 1 saturated heterocycles. The van der Waals surface area contributed by atoms with Crippen molar-refractivity contribution < 1.29 is 9.53 Å². The third kappa shape index (κ3) is 2.55. The Morgan fingerprint density at radius 2 is 2.41 bits per heavy atom. The van der Waals surface area contributed by atoms with Crippen molar-refractivity contribution >= 4 is 11.7 Å². The highest BCUT2D eigenvalue weighted by molar-refractivity contribution is 5.94. The number of carbonyl (C=O) groups is 1. The first kappa shape index (κ1) is 11.9. The molecule has 0 spiro atoms. The van der Waals surface area contributed by atoms with Gasteiger partial charge in [0.2, 0.25) is 0 Å². The summed E-state index contributed by atoms with van der Waals surface area (Å²) >= 11 is 0. The van der Waals surface area contributed by atoms with Gasteiger partial charge < -0.3 is 15.0 Å². The van der Waals surface area contributed by atoms with Gasteiger partial charge in [0.05, 0.1) is 18.2 Å². The number of pyridine rings is 1. The van der Waals surface area contributed by atoms with Crippen LogP contribution in [0, 0.1) is 0 Å². The molecule has 2 heterocycles. The lowest BCUT2D eigenvalue weighted by molar-refractivity contribution is 0.0711. The second-order valence-electron chi connectivity index (χ2n) is 4.12. The van der Waals surface area contributed by atoms with Gasteiger partial charge in [-0.2, -0.15) is 0 Å². The average Bonchev–Trinajstić information content (AvgIpc) is 2.91. The van der Waals surface area contributed by atoms with E-state index in [0.717, 1.165) is 18.8 Å². The number of rotatable bonds is 3. The summed E-state index contributed by atoms with van der Waals surface area (Å²) in [6.45, 7) is 1.36. The van der Waals surface area contributed by atoms with Crippen molar-refractivity contribution in [1.82, 2.24) is 9.88 Å². The smallest absolute Gasteiger partial charge is 0.255 e. The van der Waals surface area contributed by atoms with Crippen LogP contribution in [0.2, 0.25) is 0 Å². The molecule has 0 aromatic carbocycles. The molecule has 5 nitrogen and oxygen atoms in total. The van der Waals surface area contributed by atoms with E-state index >= 15 is 0 Å². The molecule has 1 N–H and O–H groups in total. The molecular weight excluding hydrogens is 218 g/mol. The number of anilines is 1. The fraction of sp³-hybridized carbons (Fsp3) is 0.500. The fourth-order valence-corrected chi connectivity index (χ4v) is 1.87. The Balaban J connectivity index is 2.07. The summed E-state index contributed by atoms with van der Waals surface area (Å²) in [6, 6.07) is 3.77. The SMILES string of the molecule is CNc1ccc(C(=O)N(C)C2CCOC2)cn1. The minimum absolute atomic E-state index is 0.00402. The van der Waals surface area contributed by atoms with Gasteiger partial charge in [-0.15, -0.1) is 0 Å². The monoisotopic (exact) mass is 235 g/mol. The van der Waals surface area contributed by atoms with Crippen molar-refractivity contribution in [3.8, 4) is 0 Å². The molecule has 5 heteroatoms. The predicted molar refractivity (Wildman–Crippen MR) is 65.1 cm³/mol. The molecule has 1 fully saturated rings. The number of hydrogen-bond donors (Lipinski definition) is 1. The second-order valence-corrected chi connectivity index (χ2v) is 4.12. The summed E-state index contributed by atoms with van der Waals surface area (Å²) in [7, 11) is 3.61. The maximum atomic E-state index is 12.1. The Morgan fingerprint density at radius 1 is 1.59 bits per heavy atom. The van der Waals surface area contributed by atoms with Crippen LogP contribution in [0.3, 0.4) is 0 Å². The van der Waals surface area contributed by atoms with Gasteiger partial charge in [-0.1, -0.05) is 0 Å². The average molecular weight is 235 g/mol. The molecule has 0 aliphatic carbocycles. The maximum Gasteiger partial charge on any atom is 0.255 e. The third-order valence-electron chi connectivity index (χ3n) is 3.04. The zero-order valence-electron chi connectivity index (χ0n) is 10.1. The van der Waals surface area contributed by atoms with Crippen LogP contribution in [-0.4, -0.2) is 49.1 Å². The Morgan fingerprint density at radius 3 is 2.94 bits per heavy atom. The van der Waals surface area contributed by atoms with Crippen LogP contribution in [0.25, 0.3) is 0 Å². The zero-order chi connectivity index (χ0) is 12.3. The van der Waals surface area contributed by atoms with E-state index in [4.69, 9.17) is 4.74 Å². The van der Waals surface area contributed by atoms with Gasteiger partial charge >= 0.3 is 0 Å². The number of likely N-dealkylation sites (N-methyl/N-ethyl adjacent to an activating group) is 1. The van der Waals surface area contributed by atoms with E-state index in [2.05, 4.69) is 10.3 Å². The van der Waals surface area contributed by atoms with Crippen molar-refractivity contribution in [2.24, 2.45) is 0 Å². The second kappa shape index (κ2) is 5.14. The predicted octanol–water partition coefficient (Wildman–Crippen LogP) is 0.984. The Labute approximate surface area is 101 Å². The van der Waals surface area contributed by atoms with Crippen LogP contribution >= 0.6 is 0 Å². The molecule has 0 radical (unpaired) electrons. The highest BCUT2D eigenvalue weighted by Crippen LogP contribution is 2.14. The number of ether oxygens (including phenoxy) is 1. The molecule has 2 rings (SSSR count). The van der Waals surface area contributed by atoms with Crippen LogP contribution in [0.15, 0.2) is 18.3 Å². The molecule has 1 aliphatic rings. The Hall–Kier alpha value is -1.62. The van der Waals surface area contributed by atoms with Crippen molar-refractivity contribution in [2.45, 2.75) is 12.5 Å². The van der Waals surface area contributed by atoms with Gasteiger partial charge in [-0.25, -0.2) is 4.98 Å². The lowest BCUT2D eigenvalue weighted by Crippen LogP contribution is -2.37. The van der Waals surface area contributed by atoms with Crippen LogP contribution in [-0.2, 0) is 4.74 Å². The van der Waals surface area contributed by atoms with Gasteiger partial charge in [-0.05, 0) is 18.6 Å². The van der Waals surface area contributed by atoms with Crippen molar-refractivity contribution in [2.75, 3.05) is 32.6 Å². The molecule has 17 heavy (non-hydrogen) atoms. The maximum absolute atomic E-state index is 12.1. The van der Waals surface area contributed by atoms with Crippen molar-refractivity contribution in [3.63, 3.8) is 0 Å². The summed E-state index contributed by atoms with van der Waals surface area (Å²) in [5.41, 5.74) is 0.610. The topological polar surface area (TPSA) is 54.5 Å². The fourth-order valence-electron chi connectivity index (χ4n) is 1.87. The number of nitrogens with zero attached hydrogens (tertiary/aromatic N) is 2. The van der Waals surface area contributed by atoms with E-state index in [0.29, 0.717) is 12.2 Å². The van der Waals surface area contributed by atoms with Gasteiger partial charge in [-0.3, -0.25) is 4.79 Å². The summed E-state index contributed by atoms with van der Waals surface area (Å²) in [6.07, 6.45) is 2.50. The van der Waals surface area contributed by atoms with Gasteiger partial charge in [0.25, 0.3) is 5.91 Å². The lowest BCUT2D eigenvalue weighted by Gasteiger charge is -2.23. The van der Waals surface area contributed by atoms with E-state index in [1.807, 2.05) is 7.05 Å². The van der Waals surface area contributed by atoms with E-state index < -0.39 is 0 Å². The van der Waals surface area contributed by atoms with Crippen LogP contribution in [0.1, 0.15) is 16.8 Å². The van der Waals surface area contributed by atoms with Crippen LogP contribution < -0.4 is 5.32 Å². The summed E-state index contributed by atoms with van der Waals surface area (Å²) in [4.78, 5) is 18.0. The first-order chi connectivity index (χ1) is 8.22. The molecule has 1 unspecified atom stereocenters. The highest BCUT2D eigenvalue weighted by atomic mass is 16.5. The minimum atomic E-state index is -0.00402. The molecule has 0 bridgehead atoms. The van der Waals surface area contributed by atoms with E-state index in [-0.39, 0.29) is 11.9 Å². The molecule has 92 valence electrons. The highest BCUT2D eigenvalue weighted by Gasteiger charge is 2.24. The van der Waals surface area contributed by atoms with Gasteiger partial charge in [0, 0.05) is 26.9 Å². The van der Waals surface area contributed by atoms with E-state index in [1.165, 1.54) is 0 Å². The van der Waals surface area contributed by atoms with Gasteiger partial charge in [0.1, 0.15) is 5.82 Å². The van der Waals surface area contributed by atoms with Crippen LogP contribution in [0.5, 0.6) is 0 Å². The zero-order valence-corrected chi connectivity index (χ0v) is 10.1. The minimum Gasteiger partial charge on any atom is -0.379 e. The molecule has 1 atom stereocenters. The molecule has 1 aromatic rings. The molecule has 1 amide bonds. The Kier molecular flexibility index (Phi) is 3.58. The largest absolute Gasteiger partial charge is 0.379 e. The molecule has 0 saturated carbocycles. The van der Waals surface area contributed by atoms with Crippen molar-refractivity contribution in [1.29, 1.82) is 0 Å². The van der Waals surface area contributed by atoms with E-state index in [9.17, 15) is 4.79 Å². The summed E-state index contributed by atoms with van der Waals surface area (Å²) < 4.78 is 5.28. The normalized spacial score (nSPS) is 19.1. The summed E-state index contributed by atoms with van der Waals surface area (Å²) in [5.74, 6) is 0.754. The first-order valence-corrected chi connectivity index (χ1v) is 5.71. The number of aromatic nitrogens is 1. The number of nitrogens with one attached hydrogen (secondary N) is 1.